The van der Waals surface area contributed by atoms with Crippen molar-refractivity contribution in [1.29, 1.82) is 0 Å². The number of amides is 1. The van der Waals surface area contributed by atoms with Gasteiger partial charge in [0.15, 0.2) is 11.5 Å². The average Bonchev–Trinajstić information content (AvgIpc) is 3.27. The van der Waals surface area contributed by atoms with Crippen molar-refractivity contribution in [2.24, 2.45) is 5.73 Å². The van der Waals surface area contributed by atoms with E-state index >= 15 is 0 Å². The fourth-order valence-electron chi connectivity index (χ4n) is 2.91. The Kier molecular flexibility index (Phi) is 7.37. The van der Waals surface area contributed by atoms with Crippen molar-refractivity contribution >= 4 is 17.2 Å². The zero-order valence-electron chi connectivity index (χ0n) is 16.4. The molecule has 0 saturated carbocycles. The first-order valence-electron chi connectivity index (χ1n) is 9.28. The third-order valence-corrected chi connectivity index (χ3v) is 5.28. The molecule has 1 amide bonds. The van der Waals surface area contributed by atoms with Crippen LogP contribution in [0.4, 0.5) is 8.78 Å². The number of thiophene rings is 1. The molecule has 2 N–H and O–H groups in total. The zero-order chi connectivity index (χ0) is 21.5. The number of nitrogens with zero attached hydrogens (tertiary/aromatic N) is 1. The van der Waals surface area contributed by atoms with Crippen molar-refractivity contribution in [3.8, 4) is 11.5 Å². The lowest BCUT2D eigenvalue weighted by Crippen LogP contribution is -2.34. The quantitative estimate of drug-likeness (QED) is 0.550. The van der Waals surface area contributed by atoms with Crippen LogP contribution in [-0.2, 0) is 13.2 Å². The number of hydrogen-bond donors (Lipinski definition) is 1. The van der Waals surface area contributed by atoms with Crippen LogP contribution in [0.1, 0.15) is 20.8 Å². The Labute approximate surface area is 177 Å². The first kappa shape index (κ1) is 21.7. The van der Waals surface area contributed by atoms with Gasteiger partial charge in [-0.25, -0.2) is 8.78 Å². The molecule has 2 aromatic carbocycles. The molecule has 0 fully saturated rings. The van der Waals surface area contributed by atoms with Crippen LogP contribution in [0, 0.1) is 11.6 Å². The molecule has 3 rings (SSSR count). The van der Waals surface area contributed by atoms with Crippen LogP contribution >= 0.6 is 11.3 Å². The van der Waals surface area contributed by atoms with E-state index < -0.39 is 11.6 Å². The van der Waals surface area contributed by atoms with E-state index in [4.69, 9.17) is 15.2 Å². The van der Waals surface area contributed by atoms with Crippen LogP contribution in [-0.4, -0.2) is 31.0 Å². The van der Waals surface area contributed by atoms with E-state index in [2.05, 4.69) is 0 Å². The first-order valence-corrected chi connectivity index (χ1v) is 10.2. The van der Waals surface area contributed by atoms with Gasteiger partial charge in [0.1, 0.15) is 18.2 Å². The highest BCUT2D eigenvalue weighted by atomic mass is 32.1. The predicted octanol–water partition coefficient (Wildman–Crippen LogP) is 4.22. The van der Waals surface area contributed by atoms with E-state index in [1.807, 2.05) is 17.5 Å². The third-order valence-electron chi connectivity index (χ3n) is 4.42. The van der Waals surface area contributed by atoms with Gasteiger partial charge in [-0.2, -0.15) is 0 Å². The summed E-state index contributed by atoms with van der Waals surface area (Å²) < 4.78 is 37.9. The molecular formula is C22H22F2N2O3S. The number of benzene rings is 2. The van der Waals surface area contributed by atoms with Crippen LogP contribution in [0.5, 0.6) is 11.5 Å². The van der Waals surface area contributed by atoms with Crippen LogP contribution in [0.3, 0.4) is 0 Å². The van der Waals surface area contributed by atoms with Gasteiger partial charge >= 0.3 is 0 Å². The summed E-state index contributed by atoms with van der Waals surface area (Å²) in [5, 5.41) is 1.85. The Morgan fingerprint density at radius 1 is 1.13 bits per heavy atom. The van der Waals surface area contributed by atoms with Crippen LogP contribution in [0.25, 0.3) is 0 Å². The minimum Gasteiger partial charge on any atom is -0.493 e. The summed E-state index contributed by atoms with van der Waals surface area (Å²) in [5.74, 6) is -0.528. The van der Waals surface area contributed by atoms with Gasteiger partial charge in [0.05, 0.1) is 12.0 Å². The first-order chi connectivity index (χ1) is 14.5. The number of carbonyl (C=O) groups excluding carboxylic acids is 1. The average molecular weight is 432 g/mol. The number of hydrogen-bond acceptors (Lipinski definition) is 5. The molecule has 1 heterocycles. The molecule has 8 heteroatoms. The van der Waals surface area contributed by atoms with E-state index in [0.29, 0.717) is 36.0 Å². The largest absolute Gasteiger partial charge is 0.493 e. The number of carbonyl (C=O) groups is 1. The Balaban J connectivity index is 1.73. The fourth-order valence-corrected chi connectivity index (χ4v) is 3.60. The molecule has 0 atom stereocenters. The normalized spacial score (nSPS) is 10.7. The molecule has 0 unspecified atom stereocenters. The van der Waals surface area contributed by atoms with Crippen molar-refractivity contribution in [2.45, 2.75) is 13.2 Å². The van der Waals surface area contributed by atoms with Gasteiger partial charge in [-0.15, -0.1) is 11.3 Å². The van der Waals surface area contributed by atoms with Gasteiger partial charge < -0.3 is 20.1 Å². The van der Waals surface area contributed by atoms with Gasteiger partial charge in [0.2, 0.25) is 0 Å². The number of halogens is 2. The lowest BCUT2D eigenvalue weighted by Gasteiger charge is -2.22. The number of rotatable bonds is 9. The smallest absolute Gasteiger partial charge is 0.264 e. The second-order valence-electron chi connectivity index (χ2n) is 6.50. The van der Waals surface area contributed by atoms with E-state index in [1.54, 1.807) is 23.1 Å². The van der Waals surface area contributed by atoms with E-state index in [0.717, 1.165) is 11.6 Å². The molecule has 3 aromatic rings. The van der Waals surface area contributed by atoms with Crippen LogP contribution < -0.4 is 15.2 Å². The van der Waals surface area contributed by atoms with E-state index in [1.165, 1.54) is 30.6 Å². The maximum absolute atomic E-state index is 13.8. The SMILES string of the molecule is COc1cc(CN(CCN)C(=O)c2cccs2)ccc1OCc1ccc(F)cc1F. The molecule has 0 saturated heterocycles. The van der Waals surface area contributed by atoms with Crippen molar-refractivity contribution in [2.75, 3.05) is 20.2 Å². The van der Waals surface area contributed by atoms with E-state index in [-0.39, 0.29) is 18.1 Å². The predicted molar refractivity (Wildman–Crippen MR) is 112 cm³/mol. The third kappa shape index (κ3) is 5.34. The molecular weight excluding hydrogens is 410 g/mol. The summed E-state index contributed by atoms with van der Waals surface area (Å²) in [6, 6.07) is 12.2. The van der Waals surface area contributed by atoms with E-state index in [9.17, 15) is 13.6 Å². The molecule has 158 valence electrons. The molecule has 0 aliphatic rings. The molecule has 0 bridgehead atoms. The second kappa shape index (κ2) is 10.2. The maximum Gasteiger partial charge on any atom is 0.264 e. The standard InChI is InChI=1S/C22H22F2N2O3S/c1-28-20-11-15(13-26(9-8-25)22(27)21-3-2-10-30-21)4-7-19(20)29-14-16-5-6-17(23)12-18(16)24/h2-7,10-12H,8-9,13-14,25H2,1H3. The summed E-state index contributed by atoms with van der Waals surface area (Å²) in [4.78, 5) is 15.0. The van der Waals surface area contributed by atoms with Gasteiger partial charge in [-0.3, -0.25) is 4.79 Å². The summed E-state index contributed by atoms with van der Waals surface area (Å²) in [6.45, 7) is 1.05. The van der Waals surface area contributed by atoms with Crippen molar-refractivity contribution in [3.05, 3.63) is 81.5 Å². The minimum atomic E-state index is -0.671. The molecule has 0 radical (unpaired) electrons. The van der Waals surface area contributed by atoms with Crippen LogP contribution in [0.2, 0.25) is 0 Å². The minimum absolute atomic E-state index is 0.0714. The summed E-state index contributed by atoms with van der Waals surface area (Å²) in [5.41, 5.74) is 6.75. The Morgan fingerprint density at radius 2 is 1.97 bits per heavy atom. The molecule has 0 aliphatic carbocycles. The second-order valence-corrected chi connectivity index (χ2v) is 7.45. The number of methoxy groups -OCH3 is 1. The fraction of sp³-hybridized carbons (Fsp3) is 0.227. The number of nitrogens with two attached hydrogens (primary N) is 1. The van der Waals surface area contributed by atoms with Crippen molar-refractivity contribution < 1.29 is 23.0 Å². The molecule has 30 heavy (non-hydrogen) atoms. The summed E-state index contributed by atoms with van der Waals surface area (Å²) in [7, 11) is 1.50. The van der Waals surface area contributed by atoms with Gasteiger partial charge in [-0.05, 0) is 41.3 Å². The molecule has 1 aromatic heterocycles. The Bertz CT molecular complexity index is 996. The lowest BCUT2D eigenvalue weighted by molar-refractivity contribution is 0.0753. The maximum atomic E-state index is 13.8. The van der Waals surface area contributed by atoms with Gasteiger partial charge in [0, 0.05) is 31.3 Å². The molecule has 0 spiro atoms. The van der Waals surface area contributed by atoms with Crippen LogP contribution in [0.15, 0.2) is 53.9 Å². The number of ether oxygens (including phenoxy) is 2. The van der Waals surface area contributed by atoms with Gasteiger partial charge in [0.25, 0.3) is 5.91 Å². The Morgan fingerprint density at radius 3 is 2.63 bits per heavy atom. The van der Waals surface area contributed by atoms with Gasteiger partial charge in [-0.1, -0.05) is 12.1 Å². The Hall–Kier alpha value is -2.97. The molecule has 0 aliphatic heterocycles. The summed E-state index contributed by atoms with van der Waals surface area (Å²) >= 11 is 1.38. The summed E-state index contributed by atoms with van der Waals surface area (Å²) in [6.07, 6.45) is 0. The monoisotopic (exact) mass is 432 g/mol. The highest BCUT2D eigenvalue weighted by Crippen LogP contribution is 2.30. The zero-order valence-corrected chi connectivity index (χ0v) is 17.3. The topological polar surface area (TPSA) is 64.8 Å². The van der Waals surface area contributed by atoms with Crippen molar-refractivity contribution in [1.82, 2.24) is 4.90 Å². The highest BCUT2D eigenvalue weighted by molar-refractivity contribution is 7.12. The lowest BCUT2D eigenvalue weighted by atomic mass is 10.1. The van der Waals surface area contributed by atoms with Crippen molar-refractivity contribution in [3.63, 3.8) is 0 Å². The highest BCUT2D eigenvalue weighted by Gasteiger charge is 2.17. The molecule has 5 nitrogen and oxygen atoms in total.